The highest BCUT2D eigenvalue weighted by atomic mass is 13.9. The Balaban J connectivity index is 3.62. The highest BCUT2D eigenvalue weighted by Crippen LogP contribution is 2.07. The van der Waals surface area contributed by atoms with Crippen LogP contribution in [-0.2, 0) is 0 Å². The van der Waals surface area contributed by atoms with E-state index in [0.29, 0.717) is 0 Å². The Labute approximate surface area is 52.6 Å². The van der Waals surface area contributed by atoms with Crippen LogP contribution in [0.2, 0.25) is 0 Å². The summed E-state index contributed by atoms with van der Waals surface area (Å²) in [6.45, 7) is 10.2. The fourth-order valence-electron chi connectivity index (χ4n) is 0.515. The van der Waals surface area contributed by atoms with E-state index in [0.717, 1.165) is 12.8 Å². The van der Waals surface area contributed by atoms with E-state index in [1.807, 2.05) is 0 Å². The molecule has 0 aromatic rings. The van der Waals surface area contributed by atoms with Gasteiger partial charge in [-0.25, -0.2) is 0 Å². The molecule has 0 bridgehead atoms. The standard InChI is InChI=1S/C8H15/c1-5-6-8(4)7(2)3/h1,5-6H2,2-4H3. The van der Waals surface area contributed by atoms with Crippen LogP contribution in [0.3, 0.4) is 0 Å². The molecule has 0 aromatic carbocycles. The SMILES string of the molecule is [CH2]CCC(C)=C(C)C. The lowest BCUT2D eigenvalue weighted by molar-refractivity contribution is 0.952. The number of rotatable bonds is 2. The third kappa shape index (κ3) is 2.84. The second-order valence-corrected chi connectivity index (χ2v) is 2.38. The summed E-state index contributed by atoms with van der Waals surface area (Å²) in [6.07, 6.45) is 2.18. The predicted molar refractivity (Wildman–Crippen MR) is 38.6 cm³/mol. The van der Waals surface area contributed by atoms with Crippen molar-refractivity contribution in [3.63, 3.8) is 0 Å². The minimum atomic E-state index is 1.02. The van der Waals surface area contributed by atoms with E-state index in [1.54, 1.807) is 0 Å². The third-order valence-electron chi connectivity index (χ3n) is 1.41. The molecule has 0 aliphatic heterocycles. The van der Waals surface area contributed by atoms with E-state index in [1.165, 1.54) is 11.1 Å². The largest absolute Gasteiger partial charge is 0.0775 e. The average molecular weight is 111 g/mol. The van der Waals surface area contributed by atoms with Gasteiger partial charge < -0.3 is 0 Å². The number of hydrogen-bond acceptors (Lipinski definition) is 0. The Hall–Kier alpha value is -0.260. The Morgan fingerprint density at radius 1 is 1.25 bits per heavy atom. The van der Waals surface area contributed by atoms with Crippen molar-refractivity contribution in [2.45, 2.75) is 33.6 Å². The Morgan fingerprint density at radius 3 is 1.88 bits per heavy atom. The van der Waals surface area contributed by atoms with Gasteiger partial charge in [-0.05, 0) is 33.6 Å². The molecule has 0 nitrogen and oxygen atoms in total. The molecule has 0 saturated carbocycles. The average Bonchev–Trinajstić information content (AvgIpc) is 1.67. The van der Waals surface area contributed by atoms with E-state index in [2.05, 4.69) is 27.7 Å². The first kappa shape index (κ1) is 7.74. The van der Waals surface area contributed by atoms with Gasteiger partial charge in [-0.2, -0.15) is 0 Å². The molecule has 0 atom stereocenters. The lowest BCUT2D eigenvalue weighted by atomic mass is 10.1. The first-order valence-electron chi connectivity index (χ1n) is 3.10. The summed E-state index contributed by atoms with van der Waals surface area (Å²) in [4.78, 5) is 0. The van der Waals surface area contributed by atoms with Crippen molar-refractivity contribution in [2.75, 3.05) is 0 Å². The zero-order valence-electron chi connectivity index (χ0n) is 6.12. The van der Waals surface area contributed by atoms with Gasteiger partial charge in [0.1, 0.15) is 0 Å². The smallest absolute Gasteiger partial charge is 0.0321 e. The van der Waals surface area contributed by atoms with Gasteiger partial charge in [0.2, 0.25) is 0 Å². The van der Waals surface area contributed by atoms with Gasteiger partial charge in [0.05, 0.1) is 0 Å². The fraction of sp³-hybridized carbons (Fsp3) is 0.625. The van der Waals surface area contributed by atoms with Gasteiger partial charge in [0.15, 0.2) is 0 Å². The molecular formula is C8H15. The van der Waals surface area contributed by atoms with E-state index < -0.39 is 0 Å². The summed E-state index contributed by atoms with van der Waals surface area (Å²) in [5.74, 6) is 0. The molecule has 8 heavy (non-hydrogen) atoms. The van der Waals surface area contributed by atoms with Crippen LogP contribution in [0.25, 0.3) is 0 Å². The van der Waals surface area contributed by atoms with Crippen molar-refractivity contribution in [3.05, 3.63) is 18.1 Å². The van der Waals surface area contributed by atoms with Crippen molar-refractivity contribution >= 4 is 0 Å². The van der Waals surface area contributed by atoms with E-state index in [4.69, 9.17) is 0 Å². The van der Waals surface area contributed by atoms with Crippen LogP contribution < -0.4 is 0 Å². The second-order valence-electron chi connectivity index (χ2n) is 2.38. The zero-order valence-corrected chi connectivity index (χ0v) is 6.12. The van der Waals surface area contributed by atoms with Crippen LogP contribution in [0.5, 0.6) is 0 Å². The molecule has 0 aromatic heterocycles. The molecule has 0 rings (SSSR count). The minimum absolute atomic E-state index is 1.02. The fourth-order valence-corrected chi connectivity index (χ4v) is 0.515. The van der Waals surface area contributed by atoms with Gasteiger partial charge in [0, 0.05) is 0 Å². The normalized spacial score (nSPS) is 9.00. The third-order valence-corrected chi connectivity index (χ3v) is 1.41. The van der Waals surface area contributed by atoms with Gasteiger partial charge in [-0.1, -0.05) is 18.1 Å². The molecule has 0 amide bonds. The lowest BCUT2D eigenvalue weighted by Gasteiger charge is -1.98. The van der Waals surface area contributed by atoms with Crippen LogP contribution >= 0.6 is 0 Å². The second kappa shape index (κ2) is 3.71. The van der Waals surface area contributed by atoms with Crippen LogP contribution in [0.1, 0.15) is 33.6 Å². The summed E-state index contributed by atoms with van der Waals surface area (Å²) >= 11 is 0. The first-order chi connectivity index (χ1) is 3.68. The highest BCUT2D eigenvalue weighted by Gasteiger charge is 1.87. The maximum atomic E-state index is 3.77. The Kier molecular flexibility index (Phi) is 3.59. The monoisotopic (exact) mass is 111 g/mol. The van der Waals surface area contributed by atoms with E-state index in [9.17, 15) is 0 Å². The molecule has 0 saturated heterocycles. The van der Waals surface area contributed by atoms with E-state index in [-0.39, 0.29) is 0 Å². The topological polar surface area (TPSA) is 0 Å². The van der Waals surface area contributed by atoms with Gasteiger partial charge >= 0.3 is 0 Å². The van der Waals surface area contributed by atoms with Crippen molar-refractivity contribution in [1.82, 2.24) is 0 Å². The van der Waals surface area contributed by atoms with Gasteiger partial charge in [-0.15, -0.1) is 0 Å². The lowest BCUT2D eigenvalue weighted by Crippen LogP contribution is -1.77. The molecule has 0 fully saturated rings. The predicted octanol–water partition coefficient (Wildman–Crippen LogP) is 2.96. The maximum Gasteiger partial charge on any atom is -0.0321 e. The van der Waals surface area contributed by atoms with Crippen LogP contribution in [-0.4, -0.2) is 0 Å². The molecule has 0 aliphatic carbocycles. The van der Waals surface area contributed by atoms with Crippen LogP contribution in [0, 0.1) is 6.92 Å². The molecule has 0 heterocycles. The number of hydrogen-bond donors (Lipinski definition) is 0. The molecule has 0 heteroatoms. The van der Waals surface area contributed by atoms with Crippen molar-refractivity contribution in [3.8, 4) is 0 Å². The minimum Gasteiger partial charge on any atom is -0.0775 e. The number of allylic oxidation sites excluding steroid dienone is 2. The quantitative estimate of drug-likeness (QED) is 0.480. The Morgan fingerprint density at radius 2 is 1.75 bits per heavy atom. The van der Waals surface area contributed by atoms with Crippen molar-refractivity contribution < 1.29 is 0 Å². The molecule has 0 spiro atoms. The summed E-state index contributed by atoms with van der Waals surface area (Å²) in [5, 5.41) is 0. The molecule has 47 valence electrons. The summed E-state index contributed by atoms with van der Waals surface area (Å²) in [7, 11) is 0. The summed E-state index contributed by atoms with van der Waals surface area (Å²) < 4.78 is 0. The summed E-state index contributed by atoms with van der Waals surface area (Å²) in [5.41, 5.74) is 2.92. The molecule has 0 N–H and O–H groups in total. The Bertz CT molecular complexity index is 84.2. The van der Waals surface area contributed by atoms with E-state index >= 15 is 0 Å². The molecule has 0 unspecified atom stereocenters. The van der Waals surface area contributed by atoms with Crippen molar-refractivity contribution in [1.29, 1.82) is 0 Å². The first-order valence-corrected chi connectivity index (χ1v) is 3.10. The van der Waals surface area contributed by atoms with Gasteiger partial charge in [0.25, 0.3) is 0 Å². The van der Waals surface area contributed by atoms with Gasteiger partial charge in [-0.3, -0.25) is 0 Å². The molecule has 0 aliphatic rings. The highest BCUT2D eigenvalue weighted by molar-refractivity contribution is 5.06. The molecular weight excluding hydrogens is 96.1 g/mol. The zero-order chi connectivity index (χ0) is 6.57. The van der Waals surface area contributed by atoms with Crippen LogP contribution in [0.4, 0.5) is 0 Å². The molecule has 1 radical (unpaired) electrons. The van der Waals surface area contributed by atoms with Crippen LogP contribution in [0.15, 0.2) is 11.1 Å². The van der Waals surface area contributed by atoms with Crippen molar-refractivity contribution in [2.24, 2.45) is 0 Å². The maximum absolute atomic E-state index is 3.77. The summed E-state index contributed by atoms with van der Waals surface area (Å²) in [6, 6.07) is 0.